The first-order valence-corrected chi connectivity index (χ1v) is 6.43. The SMILES string of the molecule is CC(C)(C)OC(=O)NCc1ccc(N(S)C(N)=O)cc1. The van der Waals surface area contributed by atoms with Gasteiger partial charge in [-0.25, -0.2) is 13.9 Å². The number of carbonyl (C=O) groups is 2. The van der Waals surface area contributed by atoms with E-state index >= 15 is 0 Å². The number of carbonyl (C=O) groups excluding carboxylic acids is 2. The molecule has 0 heterocycles. The van der Waals surface area contributed by atoms with Crippen LogP contribution in [0.5, 0.6) is 0 Å². The van der Waals surface area contributed by atoms with Gasteiger partial charge < -0.3 is 15.8 Å². The number of primary amides is 1. The third kappa shape index (κ3) is 5.40. The number of anilines is 1. The fourth-order valence-electron chi connectivity index (χ4n) is 1.37. The van der Waals surface area contributed by atoms with Crippen molar-refractivity contribution in [2.45, 2.75) is 32.9 Å². The lowest BCUT2D eigenvalue weighted by Crippen LogP contribution is -2.32. The van der Waals surface area contributed by atoms with E-state index in [1.807, 2.05) is 0 Å². The molecule has 0 aliphatic rings. The van der Waals surface area contributed by atoms with E-state index in [2.05, 4.69) is 18.1 Å². The summed E-state index contributed by atoms with van der Waals surface area (Å²) >= 11 is 3.95. The summed E-state index contributed by atoms with van der Waals surface area (Å²) < 4.78 is 6.15. The molecule has 0 radical (unpaired) electrons. The number of hydrogen-bond donors (Lipinski definition) is 3. The maximum Gasteiger partial charge on any atom is 0.407 e. The molecule has 0 bridgehead atoms. The van der Waals surface area contributed by atoms with Crippen LogP contribution in [0, 0.1) is 0 Å². The molecule has 6 nitrogen and oxygen atoms in total. The maximum absolute atomic E-state index is 11.5. The van der Waals surface area contributed by atoms with Gasteiger partial charge in [0.05, 0.1) is 5.69 Å². The predicted octanol–water partition coefficient (Wildman–Crippen LogP) is 2.44. The highest BCUT2D eigenvalue weighted by Crippen LogP contribution is 2.16. The Hall–Kier alpha value is -1.89. The van der Waals surface area contributed by atoms with Crippen LogP contribution in [0.3, 0.4) is 0 Å². The number of benzene rings is 1. The second-order valence-electron chi connectivity index (χ2n) is 5.17. The molecule has 0 aliphatic carbocycles. The number of nitrogens with zero attached hydrogens (tertiary/aromatic N) is 1. The van der Waals surface area contributed by atoms with Crippen molar-refractivity contribution in [3.8, 4) is 0 Å². The third-order valence-corrected chi connectivity index (χ3v) is 2.65. The second kappa shape index (κ2) is 6.51. The zero-order valence-electron chi connectivity index (χ0n) is 11.7. The Morgan fingerprint density at radius 3 is 2.30 bits per heavy atom. The van der Waals surface area contributed by atoms with Gasteiger partial charge in [0.25, 0.3) is 0 Å². The molecule has 110 valence electrons. The summed E-state index contributed by atoms with van der Waals surface area (Å²) in [6, 6.07) is 6.24. The van der Waals surface area contributed by atoms with Crippen LogP contribution < -0.4 is 15.4 Å². The van der Waals surface area contributed by atoms with Crippen molar-refractivity contribution in [3.63, 3.8) is 0 Å². The largest absolute Gasteiger partial charge is 0.444 e. The highest BCUT2D eigenvalue weighted by Gasteiger charge is 2.15. The summed E-state index contributed by atoms with van der Waals surface area (Å²) in [7, 11) is 0. The zero-order valence-corrected chi connectivity index (χ0v) is 12.6. The minimum atomic E-state index is -0.659. The zero-order chi connectivity index (χ0) is 15.3. The van der Waals surface area contributed by atoms with Crippen LogP contribution in [-0.2, 0) is 11.3 Å². The van der Waals surface area contributed by atoms with Crippen LogP contribution in [0.4, 0.5) is 15.3 Å². The van der Waals surface area contributed by atoms with Crippen molar-refractivity contribution in [2.75, 3.05) is 4.31 Å². The number of hydrogen-bond acceptors (Lipinski definition) is 4. The summed E-state index contributed by atoms with van der Waals surface area (Å²) in [6.07, 6.45) is -0.477. The van der Waals surface area contributed by atoms with Crippen LogP contribution in [0.2, 0.25) is 0 Å². The van der Waals surface area contributed by atoms with Crippen LogP contribution in [0.25, 0.3) is 0 Å². The highest BCUT2D eigenvalue weighted by atomic mass is 32.1. The third-order valence-electron chi connectivity index (χ3n) is 2.23. The van der Waals surface area contributed by atoms with E-state index in [1.54, 1.807) is 45.0 Å². The van der Waals surface area contributed by atoms with Gasteiger partial charge in [-0.15, -0.1) is 0 Å². The van der Waals surface area contributed by atoms with E-state index in [4.69, 9.17) is 10.5 Å². The van der Waals surface area contributed by atoms with Crippen molar-refractivity contribution < 1.29 is 14.3 Å². The van der Waals surface area contributed by atoms with Gasteiger partial charge in [-0.3, -0.25) is 0 Å². The van der Waals surface area contributed by atoms with E-state index in [0.29, 0.717) is 12.2 Å². The number of amides is 3. The molecule has 0 saturated carbocycles. The first kappa shape index (κ1) is 16.2. The topological polar surface area (TPSA) is 84.7 Å². The number of ether oxygens (including phenoxy) is 1. The van der Waals surface area contributed by atoms with Crippen molar-refractivity contribution in [1.82, 2.24) is 5.32 Å². The number of rotatable bonds is 3. The first-order valence-electron chi connectivity index (χ1n) is 6.03. The smallest absolute Gasteiger partial charge is 0.407 e. The van der Waals surface area contributed by atoms with Crippen LogP contribution in [-0.4, -0.2) is 17.7 Å². The Labute approximate surface area is 123 Å². The van der Waals surface area contributed by atoms with Gasteiger partial charge in [-0.2, -0.15) is 0 Å². The Balaban J connectivity index is 2.54. The lowest BCUT2D eigenvalue weighted by molar-refractivity contribution is 0.0523. The molecule has 3 amide bonds. The monoisotopic (exact) mass is 297 g/mol. The molecule has 20 heavy (non-hydrogen) atoms. The number of urea groups is 1. The van der Waals surface area contributed by atoms with Gasteiger partial charge in [-0.1, -0.05) is 24.9 Å². The van der Waals surface area contributed by atoms with Gasteiger partial charge in [0.2, 0.25) is 0 Å². The van der Waals surface area contributed by atoms with E-state index in [1.165, 1.54) is 0 Å². The molecular weight excluding hydrogens is 278 g/mol. The molecular formula is C13H19N3O3S. The van der Waals surface area contributed by atoms with Crippen LogP contribution in [0.15, 0.2) is 24.3 Å². The molecule has 3 N–H and O–H groups in total. The predicted molar refractivity (Wildman–Crippen MR) is 80.6 cm³/mol. The van der Waals surface area contributed by atoms with E-state index < -0.39 is 17.7 Å². The van der Waals surface area contributed by atoms with E-state index in [9.17, 15) is 9.59 Å². The molecule has 0 fully saturated rings. The molecule has 1 aromatic carbocycles. The molecule has 0 aromatic heterocycles. The quantitative estimate of drug-likeness (QED) is 0.749. The maximum atomic E-state index is 11.5. The summed E-state index contributed by atoms with van der Waals surface area (Å²) in [6.45, 7) is 5.73. The molecule has 7 heteroatoms. The van der Waals surface area contributed by atoms with Crippen molar-refractivity contribution in [2.24, 2.45) is 5.73 Å². The molecule has 0 spiro atoms. The van der Waals surface area contributed by atoms with Gasteiger partial charge in [0, 0.05) is 6.54 Å². The Kier molecular flexibility index (Phi) is 5.26. The number of alkyl carbamates (subject to hydrolysis) is 1. The molecule has 0 unspecified atom stereocenters. The van der Waals surface area contributed by atoms with Crippen molar-refractivity contribution in [1.29, 1.82) is 0 Å². The Morgan fingerprint density at radius 2 is 1.85 bits per heavy atom. The molecule has 0 saturated heterocycles. The highest BCUT2D eigenvalue weighted by molar-refractivity contribution is 7.82. The first-order chi connectivity index (χ1) is 9.19. The molecule has 0 atom stereocenters. The summed E-state index contributed by atoms with van der Waals surface area (Å²) in [5.74, 6) is 0. The summed E-state index contributed by atoms with van der Waals surface area (Å²) in [4.78, 5) is 22.4. The van der Waals surface area contributed by atoms with Gasteiger partial charge in [-0.05, 0) is 38.5 Å². The van der Waals surface area contributed by atoms with Gasteiger partial charge >= 0.3 is 12.1 Å². The summed E-state index contributed by atoms with van der Waals surface area (Å²) in [5.41, 5.74) is 6.00. The standard InChI is InChI=1S/C13H19N3O3S/c1-13(2,3)19-12(18)15-8-9-4-6-10(7-5-9)16(20)11(14)17/h4-7,20H,8H2,1-3H3,(H2,14,17)(H,15,18). The lowest BCUT2D eigenvalue weighted by Gasteiger charge is -2.19. The van der Waals surface area contributed by atoms with Crippen LogP contribution in [0.1, 0.15) is 26.3 Å². The number of nitrogens with two attached hydrogens (primary N) is 1. The second-order valence-corrected chi connectivity index (χ2v) is 5.57. The van der Waals surface area contributed by atoms with Crippen LogP contribution >= 0.6 is 12.8 Å². The fraction of sp³-hybridized carbons (Fsp3) is 0.385. The average molecular weight is 297 g/mol. The minimum Gasteiger partial charge on any atom is -0.444 e. The molecule has 1 rings (SSSR count). The van der Waals surface area contributed by atoms with Crippen molar-refractivity contribution >= 4 is 30.6 Å². The summed E-state index contributed by atoms with van der Waals surface area (Å²) in [5, 5.41) is 2.64. The van der Waals surface area contributed by atoms with E-state index in [-0.39, 0.29) is 0 Å². The van der Waals surface area contributed by atoms with Gasteiger partial charge in [0.1, 0.15) is 5.60 Å². The van der Waals surface area contributed by atoms with Crippen molar-refractivity contribution in [3.05, 3.63) is 29.8 Å². The number of thiol groups is 1. The number of nitrogens with one attached hydrogen (secondary N) is 1. The fourth-order valence-corrected chi connectivity index (χ4v) is 1.50. The average Bonchev–Trinajstić information content (AvgIpc) is 2.34. The molecule has 0 aliphatic heterocycles. The van der Waals surface area contributed by atoms with Gasteiger partial charge in [0.15, 0.2) is 0 Å². The normalized spacial score (nSPS) is 10.8. The lowest BCUT2D eigenvalue weighted by atomic mass is 10.2. The minimum absolute atomic E-state index is 0.332. The Morgan fingerprint density at radius 1 is 1.30 bits per heavy atom. The Bertz CT molecular complexity index is 483. The van der Waals surface area contributed by atoms with E-state index in [0.717, 1.165) is 9.87 Å². The molecule has 1 aromatic rings.